The third-order valence-corrected chi connectivity index (χ3v) is 2.17. The molecule has 0 bridgehead atoms. The molecular weight excluding hydrogens is 204 g/mol. The van der Waals surface area contributed by atoms with Gasteiger partial charge in [-0.2, -0.15) is 5.10 Å². The number of hydrogen-bond donors (Lipinski definition) is 1. The summed E-state index contributed by atoms with van der Waals surface area (Å²) in [6, 6.07) is 9.73. The summed E-state index contributed by atoms with van der Waals surface area (Å²) in [7, 11) is 0. The van der Waals surface area contributed by atoms with Crippen molar-refractivity contribution in [3.8, 4) is 5.75 Å². The van der Waals surface area contributed by atoms with Crippen LogP contribution in [0, 0.1) is 0 Å². The number of aryl methyl sites for hydroxylation is 1. The van der Waals surface area contributed by atoms with Gasteiger partial charge in [0.15, 0.2) is 0 Å². The first-order valence-electron chi connectivity index (χ1n) is 5.17. The summed E-state index contributed by atoms with van der Waals surface area (Å²) in [6.45, 7) is 1.36. The van der Waals surface area contributed by atoms with E-state index in [1.807, 2.05) is 30.3 Å². The van der Waals surface area contributed by atoms with Crippen LogP contribution in [0.3, 0.4) is 0 Å². The second kappa shape index (κ2) is 5.16. The van der Waals surface area contributed by atoms with Crippen molar-refractivity contribution in [2.45, 2.75) is 13.0 Å². The average Bonchev–Trinajstić information content (AvgIpc) is 2.72. The lowest BCUT2D eigenvalue weighted by molar-refractivity contribution is 0.299. The Kier molecular flexibility index (Phi) is 3.38. The van der Waals surface area contributed by atoms with Gasteiger partial charge in [0.2, 0.25) is 5.95 Å². The van der Waals surface area contributed by atoms with Crippen molar-refractivity contribution in [1.29, 1.82) is 0 Å². The van der Waals surface area contributed by atoms with E-state index in [1.165, 1.54) is 6.33 Å². The first-order chi connectivity index (χ1) is 7.86. The van der Waals surface area contributed by atoms with Crippen LogP contribution in [0.15, 0.2) is 36.7 Å². The zero-order valence-electron chi connectivity index (χ0n) is 8.91. The molecule has 0 spiro atoms. The molecule has 2 aromatic rings. The van der Waals surface area contributed by atoms with E-state index in [-0.39, 0.29) is 0 Å². The van der Waals surface area contributed by atoms with E-state index < -0.39 is 0 Å². The van der Waals surface area contributed by atoms with Crippen LogP contribution in [0.2, 0.25) is 0 Å². The third kappa shape index (κ3) is 2.73. The maximum absolute atomic E-state index is 5.58. The lowest BCUT2D eigenvalue weighted by atomic mass is 10.3. The summed E-state index contributed by atoms with van der Waals surface area (Å²) in [5.74, 6) is 1.33. The molecule has 84 valence electrons. The summed E-state index contributed by atoms with van der Waals surface area (Å²) in [6.07, 6.45) is 2.30. The van der Waals surface area contributed by atoms with Gasteiger partial charge in [0.1, 0.15) is 12.1 Å². The Labute approximate surface area is 93.9 Å². The summed E-state index contributed by atoms with van der Waals surface area (Å²) < 4.78 is 7.20. The summed E-state index contributed by atoms with van der Waals surface area (Å²) in [5.41, 5.74) is 5.58. The second-order valence-electron chi connectivity index (χ2n) is 3.36. The highest BCUT2D eigenvalue weighted by molar-refractivity contribution is 5.20. The molecule has 2 rings (SSSR count). The van der Waals surface area contributed by atoms with Gasteiger partial charge < -0.3 is 10.5 Å². The molecule has 16 heavy (non-hydrogen) atoms. The Hall–Kier alpha value is -2.04. The van der Waals surface area contributed by atoms with E-state index in [1.54, 1.807) is 4.68 Å². The van der Waals surface area contributed by atoms with Crippen LogP contribution < -0.4 is 10.5 Å². The van der Waals surface area contributed by atoms with Crippen LogP contribution in [0.4, 0.5) is 5.95 Å². The number of anilines is 1. The maximum Gasteiger partial charge on any atom is 0.218 e. The number of rotatable bonds is 5. The van der Waals surface area contributed by atoms with E-state index in [4.69, 9.17) is 10.5 Å². The molecule has 0 saturated carbocycles. The Morgan fingerprint density at radius 1 is 1.25 bits per heavy atom. The highest BCUT2D eigenvalue weighted by atomic mass is 16.5. The minimum absolute atomic E-state index is 0.444. The lowest BCUT2D eigenvalue weighted by Gasteiger charge is -2.06. The Morgan fingerprint density at radius 2 is 2.06 bits per heavy atom. The molecule has 0 aliphatic heterocycles. The van der Waals surface area contributed by atoms with Crippen molar-refractivity contribution >= 4 is 5.95 Å². The Balaban J connectivity index is 1.72. The maximum atomic E-state index is 5.58. The van der Waals surface area contributed by atoms with Crippen molar-refractivity contribution in [2.24, 2.45) is 0 Å². The number of para-hydroxylation sites is 1. The quantitative estimate of drug-likeness (QED) is 0.769. The number of nitrogen functional groups attached to an aromatic ring is 1. The van der Waals surface area contributed by atoms with Gasteiger partial charge in [-0.3, -0.25) is 0 Å². The number of nitrogens with two attached hydrogens (primary N) is 1. The number of aromatic nitrogens is 3. The van der Waals surface area contributed by atoms with Gasteiger partial charge in [0.25, 0.3) is 0 Å². The predicted octanol–water partition coefficient (Wildman–Crippen LogP) is 1.33. The SMILES string of the molecule is Nc1ncnn1CCCOc1ccccc1. The van der Waals surface area contributed by atoms with Gasteiger partial charge in [0, 0.05) is 13.0 Å². The van der Waals surface area contributed by atoms with Crippen LogP contribution in [0.1, 0.15) is 6.42 Å². The highest BCUT2D eigenvalue weighted by Gasteiger charge is 1.98. The molecule has 1 aromatic carbocycles. The van der Waals surface area contributed by atoms with E-state index in [9.17, 15) is 0 Å². The fourth-order valence-electron chi connectivity index (χ4n) is 1.37. The van der Waals surface area contributed by atoms with E-state index in [0.29, 0.717) is 12.6 Å². The van der Waals surface area contributed by atoms with Crippen molar-refractivity contribution < 1.29 is 4.74 Å². The molecule has 0 aliphatic carbocycles. The zero-order chi connectivity index (χ0) is 11.2. The molecule has 0 radical (unpaired) electrons. The standard InChI is InChI=1S/C11H14N4O/c12-11-13-9-14-15(11)7-4-8-16-10-5-2-1-3-6-10/h1-3,5-6,9H,4,7-8H2,(H2,12,13,14). The Morgan fingerprint density at radius 3 is 2.75 bits per heavy atom. The molecule has 0 fully saturated rings. The smallest absolute Gasteiger partial charge is 0.218 e. The molecule has 0 unspecified atom stereocenters. The fourth-order valence-corrected chi connectivity index (χ4v) is 1.37. The fraction of sp³-hybridized carbons (Fsp3) is 0.273. The molecule has 1 heterocycles. The summed E-state index contributed by atoms with van der Waals surface area (Å²) in [5, 5.41) is 3.99. The normalized spacial score (nSPS) is 10.2. The monoisotopic (exact) mass is 218 g/mol. The molecule has 0 saturated heterocycles. The summed E-state index contributed by atoms with van der Waals surface area (Å²) >= 11 is 0. The van der Waals surface area contributed by atoms with Crippen LogP contribution in [-0.2, 0) is 6.54 Å². The molecule has 0 aliphatic rings. The number of ether oxygens (including phenoxy) is 1. The number of nitrogens with zero attached hydrogens (tertiary/aromatic N) is 3. The topological polar surface area (TPSA) is 66.0 Å². The molecular formula is C11H14N4O. The third-order valence-electron chi connectivity index (χ3n) is 2.17. The van der Waals surface area contributed by atoms with Gasteiger partial charge in [-0.05, 0) is 12.1 Å². The van der Waals surface area contributed by atoms with Gasteiger partial charge in [0.05, 0.1) is 6.61 Å². The highest BCUT2D eigenvalue weighted by Crippen LogP contribution is 2.08. The first kappa shape index (κ1) is 10.5. The van der Waals surface area contributed by atoms with Crippen molar-refractivity contribution in [3.63, 3.8) is 0 Å². The summed E-state index contributed by atoms with van der Waals surface area (Å²) in [4.78, 5) is 3.84. The van der Waals surface area contributed by atoms with E-state index in [0.717, 1.165) is 18.7 Å². The number of hydrogen-bond acceptors (Lipinski definition) is 4. The van der Waals surface area contributed by atoms with Crippen LogP contribution in [0.25, 0.3) is 0 Å². The van der Waals surface area contributed by atoms with E-state index in [2.05, 4.69) is 10.1 Å². The van der Waals surface area contributed by atoms with E-state index >= 15 is 0 Å². The van der Waals surface area contributed by atoms with Gasteiger partial charge >= 0.3 is 0 Å². The minimum Gasteiger partial charge on any atom is -0.494 e. The number of benzene rings is 1. The first-order valence-corrected chi connectivity index (χ1v) is 5.17. The molecule has 2 N–H and O–H groups in total. The molecule has 1 aromatic heterocycles. The zero-order valence-corrected chi connectivity index (χ0v) is 8.91. The molecule has 0 amide bonds. The molecule has 5 nitrogen and oxygen atoms in total. The van der Waals surface area contributed by atoms with Gasteiger partial charge in [-0.1, -0.05) is 18.2 Å². The van der Waals surface area contributed by atoms with Crippen LogP contribution in [0.5, 0.6) is 5.75 Å². The van der Waals surface area contributed by atoms with Crippen molar-refractivity contribution in [1.82, 2.24) is 14.8 Å². The van der Waals surface area contributed by atoms with Crippen LogP contribution in [-0.4, -0.2) is 21.4 Å². The lowest BCUT2D eigenvalue weighted by Crippen LogP contribution is -2.08. The predicted molar refractivity (Wildman–Crippen MR) is 61.0 cm³/mol. The van der Waals surface area contributed by atoms with Crippen LogP contribution >= 0.6 is 0 Å². The van der Waals surface area contributed by atoms with Gasteiger partial charge in [-0.15, -0.1) is 0 Å². The second-order valence-corrected chi connectivity index (χ2v) is 3.36. The minimum atomic E-state index is 0.444. The Bertz CT molecular complexity index is 427. The van der Waals surface area contributed by atoms with Gasteiger partial charge in [-0.25, -0.2) is 9.67 Å². The molecule has 5 heteroatoms. The van der Waals surface area contributed by atoms with Crippen molar-refractivity contribution in [2.75, 3.05) is 12.3 Å². The largest absolute Gasteiger partial charge is 0.494 e. The van der Waals surface area contributed by atoms with Crippen molar-refractivity contribution in [3.05, 3.63) is 36.7 Å². The average molecular weight is 218 g/mol. The molecule has 0 atom stereocenters.